The van der Waals surface area contributed by atoms with Gasteiger partial charge in [-0.1, -0.05) is 11.6 Å². The van der Waals surface area contributed by atoms with Crippen LogP contribution in [-0.2, 0) is 0 Å². The third-order valence-electron chi connectivity index (χ3n) is 1.42. The first kappa shape index (κ1) is 7.30. The van der Waals surface area contributed by atoms with Crippen LogP contribution in [0.2, 0.25) is 5.15 Å². The fourth-order valence-electron chi connectivity index (χ4n) is 0.989. The van der Waals surface area contributed by atoms with Crippen LogP contribution in [0.25, 0.3) is 5.65 Å². The second-order valence-electron chi connectivity index (χ2n) is 2.37. The molecule has 0 amide bonds. The van der Waals surface area contributed by atoms with Crippen molar-refractivity contribution in [3.8, 4) is 0 Å². The maximum absolute atomic E-state index is 5.66. The van der Waals surface area contributed by atoms with E-state index in [1.165, 1.54) is 4.52 Å². The zero-order valence-corrected chi connectivity index (χ0v) is 7.08. The van der Waals surface area contributed by atoms with Gasteiger partial charge in [-0.05, 0) is 6.92 Å². The second-order valence-corrected chi connectivity index (χ2v) is 2.75. The molecule has 0 radical (unpaired) electrons. The Morgan fingerprint density at radius 3 is 3.00 bits per heavy atom. The van der Waals surface area contributed by atoms with Crippen molar-refractivity contribution in [2.45, 2.75) is 6.92 Å². The number of nitrogens with two attached hydrogens (primary N) is 1. The molecule has 0 aliphatic carbocycles. The van der Waals surface area contributed by atoms with E-state index in [-0.39, 0.29) is 5.95 Å². The van der Waals surface area contributed by atoms with Crippen molar-refractivity contribution in [2.75, 3.05) is 5.73 Å². The summed E-state index contributed by atoms with van der Waals surface area (Å²) in [6, 6.07) is 1.61. The third kappa shape index (κ3) is 0.984. The Morgan fingerprint density at radius 1 is 1.50 bits per heavy atom. The van der Waals surface area contributed by atoms with E-state index in [0.717, 1.165) is 0 Å². The summed E-state index contributed by atoms with van der Waals surface area (Å²) >= 11 is 5.66. The van der Waals surface area contributed by atoms with E-state index in [2.05, 4.69) is 15.1 Å². The molecular weight excluding hydrogens is 178 g/mol. The van der Waals surface area contributed by atoms with Crippen molar-refractivity contribution in [2.24, 2.45) is 0 Å². The van der Waals surface area contributed by atoms with Gasteiger partial charge in [-0.25, -0.2) is 9.97 Å². The van der Waals surface area contributed by atoms with Gasteiger partial charge in [-0.2, -0.15) is 4.52 Å². The normalized spacial score (nSPS) is 10.8. The van der Waals surface area contributed by atoms with Crippen molar-refractivity contribution >= 4 is 23.2 Å². The second kappa shape index (κ2) is 2.31. The number of nitrogens with zero attached hydrogens (tertiary/aromatic N) is 4. The van der Waals surface area contributed by atoms with Crippen molar-refractivity contribution in [1.82, 2.24) is 19.6 Å². The number of aryl methyl sites for hydroxylation is 1. The molecule has 0 atom stereocenters. The Labute approximate surface area is 73.2 Å². The van der Waals surface area contributed by atoms with E-state index in [4.69, 9.17) is 17.3 Å². The zero-order valence-electron chi connectivity index (χ0n) is 6.32. The molecule has 2 aromatic rings. The van der Waals surface area contributed by atoms with Crippen LogP contribution in [0.1, 0.15) is 5.82 Å². The number of hydrogen-bond acceptors (Lipinski definition) is 4. The summed E-state index contributed by atoms with van der Waals surface area (Å²) in [5.41, 5.74) is 6.15. The minimum Gasteiger partial charge on any atom is -0.368 e. The molecule has 5 nitrogen and oxygen atoms in total. The van der Waals surface area contributed by atoms with E-state index < -0.39 is 0 Å². The maximum Gasteiger partial charge on any atom is 0.224 e. The lowest BCUT2D eigenvalue weighted by atomic mass is 10.6. The van der Waals surface area contributed by atoms with Gasteiger partial charge >= 0.3 is 0 Å². The van der Waals surface area contributed by atoms with E-state index >= 15 is 0 Å². The molecule has 62 valence electrons. The van der Waals surface area contributed by atoms with Gasteiger partial charge in [0.25, 0.3) is 0 Å². The highest BCUT2D eigenvalue weighted by Crippen LogP contribution is 2.11. The first-order chi connectivity index (χ1) is 5.66. The molecule has 2 rings (SSSR count). The van der Waals surface area contributed by atoms with Crippen LogP contribution in [0.3, 0.4) is 0 Å². The minimum atomic E-state index is 0.248. The van der Waals surface area contributed by atoms with Crippen LogP contribution >= 0.6 is 11.6 Å². The summed E-state index contributed by atoms with van der Waals surface area (Å²) in [6.07, 6.45) is 0. The monoisotopic (exact) mass is 183 g/mol. The van der Waals surface area contributed by atoms with E-state index in [0.29, 0.717) is 16.6 Å². The molecule has 0 saturated heterocycles. The summed E-state index contributed by atoms with van der Waals surface area (Å²) in [4.78, 5) is 7.90. The molecule has 6 heteroatoms. The molecule has 0 spiro atoms. The largest absolute Gasteiger partial charge is 0.368 e. The van der Waals surface area contributed by atoms with Crippen LogP contribution in [0.5, 0.6) is 0 Å². The van der Waals surface area contributed by atoms with Crippen LogP contribution in [0.4, 0.5) is 5.95 Å². The summed E-state index contributed by atoms with van der Waals surface area (Å²) in [5, 5.41) is 4.34. The Bertz CT molecular complexity index is 435. The molecule has 2 N–H and O–H groups in total. The number of rotatable bonds is 0. The topological polar surface area (TPSA) is 69.1 Å². The standard InChI is InChI=1S/C6H6ClN5/c1-3-9-5-2-4(7)10-6(8)12(5)11-3/h2H,1H3,(H2,8,10). The third-order valence-corrected chi connectivity index (χ3v) is 1.62. The van der Waals surface area contributed by atoms with Crippen LogP contribution < -0.4 is 5.73 Å². The fourth-order valence-corrected chi connectivity index (χ4v) is 1.17. The first-order valence-electron chi connectivity index (χ1n) is 3.32. The number of aromatic nitrogens is 4. The quantitative estimate of drug-likeness (QED) is 0.610. The Hall–Kier alpha value is -1.36. The van der Waals surface area contributed by atoms with Crippen molar-refractivity contribution in [1.29, 1.82) is 0 Å². The zero-order chi connectivity index (χ0) is 8.72. The molecule has 0 aliphatic rings. The molecule has 12 heavy (non-hydrogen) atoms. The lowest BCUT2D eigenvalue weighted by Gasteiger charge is -1.95. The summed E-state index contributed by atoms with van der Waals surface area (Å²) in [5.74, 6) is 0.892. The molecule has 2 heterocycles. The highest BCUT2D eigenvalue weighted by Gasteiger charge is 2.04. The number of anilines is 1. The van der Waals surface area contributed by atoms with E-state index in [1.54, 1.807) is 13.0 Å². The average Bonchev–Trinajstić information content (AvgIpc) is 2.29. The highest BCUT2D eigenvalue weighted by atomic mass is 35.5. The van der Waals surface area contributed by atoms with E-state index in [9.17, 15) is 0 Å². The lowest BCUT2D eigenvalue weighted by Crippen LogP contribution is -2.01. The van der Waals surface area contributed by atoms with Gasteiger partial charge in [0.05, 0.1) is 0 Å². The first-order valence-corrected chi connectivity index (χ1v) is 3.70. The Morgan fingerprint density at radius 2 is 2.25 bits per heavy atom. The van der Waals surface area contributed by atoms with Crippen molar-refractivity contribution < 1.29 is 0 Å². The van der Waals surface area contributed by atoms with E-state index in [1.807, 2.05) is 0 Å². The molecule has 0 aliphatic heterocycles. The van der Waals surface area contributed by atoms with Crippen molar-refractivity contribution in [3.05, 3.63) is 17.0 Å². The average molecular weight is 184 g/mol. The summed E-state index contributed by atoms with van der Waals surface area (Å²) < 4.78 is 1.45. The predicted molar refractivity (Wildman–Crippen MR) is 44.9 cm³/mol. The van der Waals surface area contributed by atoms with Crippen molar-refractivity contribution in [3.63, 3.8) is 0 Å². The number of nitrogen functional groups attached to an aromatic ring is 1. The van der Waals surface area contributed by atoms with Gasteiger partial charge in [0.15, 0.2) is 5.65 Å². The number of fused-ring (bicyclic) bond motifs is 1. The number of hydrogen-bond donors (Lipinski definition) is 1. The van der Waals surface area contributed by atoms with Gasteiger partial charge in [0.1, 0.15) is 11.0 Å². The SMILES string of the molecule is Cc1nc2cc(Cl)nc(N)n2n1. The fraction of sp³-hybridized carbons (Fsp3) is 0.167. The van der Waals surface area contributed by atoms with Gasteiger partial charge in [0.2, 0.25) is 5.95 Å². The molecule has 0 unspecified atom stereocenters. The van der Waals surface area contributed by atoms with Gasteiger partial charge < -0.3 is 5.73 Å². The Kier molecular flexibility index (Phi) is 1.41. The van der Waals surface area contributed by atoms with Gasteiger partial charge in [0, 0.05) is 6.07 Å². The van der Waals surface area contributed by atoms with Crippen LogP contribution in [0.15, 0.2) is 6.07 Å². The van der Waals surface area contributed by atoms with Gasteiger partial charge in [-0.3, -0.25) is 0 Å². The lowest BCUT2D eigenvalue weighted by molar-refractivity contribution is 0.915. The smallest absolute Gasteiger partial charge is 0.224 e. The summed E-state index contributed by atoms with van der Waals surface area (Å²) in [7, 11) is 0. The molecule has 0 saturated carbocycles. The molecule has 0 aromatic carbocycles. The van der Waals surface area contributed by atoms with Gasteiger partial charge in [-0.15, -0.1) is 5.10 Å². The van der Waals surface area contributed by atoms with Crippen LogP contribution in [0, 0.1) is 6.92 Å². The van der Waals surface area contributed by atoms with Crippen LogP contribution in [-0.4, -0.2) is 19.6 Å². The maximum atomic E-state index is 5.66. The number of halogens is 1. The molecule has 0 fully saturated rings. The molecule has 0 bridgehead atoms. The Balaban J connectivity index is 2.88. The highest BCUT2D eigenvalue weighted by molar-refractivity contribution is 6.29. The predicted octanol–water partition coefficient (Wildman–Crippen LogP) is 0.668. The molecular formula is C6H6ClN5. The summed E-state index contributed by atoms with van der Waals surface area (Å²) in [6.45, 7) is 1.78. The molecule has 2 aromatic heterocycles. The minimum absolute atomic E-state index is 0.248.